The number of carbonyl (C=O) groups excluding carboxylic acids is 1. The molecule has 0 bridgehead atoms. The lowest BCUT2D eigenvalue weighted by Gasteiger charge is -2.37. The van der Waals surface area contributed by atoms with E-state index >= 15 is 0 Å². The summed E-state index contributed by atoms with van der Waals surface area (Å²) in [6.45, 7) is 5.66. The minimum Gasteiger partial charge on any atom is -0.341 e. The third-order valence-electron chi connectivity index (χ3n) is 4.70. The Morgan fingerprint density at radius 3 is 2.73 bits per heavy atom. The van der Waals surface area contributed by atoms with Crippen LogP contribution in [0.4, 0.5) is 0 Å². The molecule has 0 saturated carbocycles. The number of nitrogens with zero attached hydrogens (tertiary/aromatic N) is 2. The maximum Gasteiger partial charge on any atom is 0.232 e. The molecule has 1 saturated heterocycles. The van der Waals surface area contributed by atoms with Gasteiger partial charge in [-0.25, -0.2) is 0 Å². The lowest BCUT2D eigenvalue weighted by atomic mass is 9.82. The number of piperidine rings is 1. The number of aromatic amines is 1. The number of benzene rings is 1. The zero-order valence-electron chi connectivity index (χ0n) is 13.2. The second kappa shape index (κ2) is 5.95. The fourth-order valence-electron chi connectivity index (χ4n) is 3.28. The van der Waals surface area contributed by atoms with E-state index in [2.05, 4.69) is 10.2 Å². The van der Waals surface area contributed by atoms with E-state index in [4.69, 9.17) is 0 Å². The van der Waals surface area contributed by atoms with Crippen molar-refractivity contribution in [3.05, 3.63) is 53.9 Å². The first kappa shape index (κ1) is 14.8. The molecule has 1 amide bonds. The van der Waals surface area contributed by atoms with E-state index in [1.54, 1.807) is 6.20 Å². The second-order valence-corrected chi connectivity index (χ2v) is 6.59. The first-order valence-electron chi connectivity index (χ1n) is 7.93. The van der Waals surface area contributed by atoms with Crippen molar-refractivity contribution in [1.82, 2.24) is 15.1 Å². The molecule has 4 heteroatoms. The topological polar surface area (TPSA) is 49.0 Å². The SMILES string of the molecule is CC(C)(C(=O)N1CCC[C@@H](c2ccn[nH]2)C1)c1ccccc1. The van der Waals surface area contributed by atoms with Crippen LogP contribution in [-0.4, -0.2) is 34.1 Å². The summed E-state index contributed by atoms with van der Waals surface area (Å²) >= 11 is 0. The lowest BCUT2D eigenvalue weighted by molar-refractivity contribution is -0.137. The molecule has 4 nitrogen and oxygen atoms in total. The van der Waals surface area contributed by atoms with Crippen LogP contribution >= 0.6 is 0 Å². The molecule has 3 rings (SSSR count). The number of amides is 1. The number of likely N-dealkylation sites (tertiary alicyclic amines) is 1. The van der Waals surface area contributed by atoms with Gasteiger partial charge in [-0.15, -0.1) is 0 Å². The normalized spacial score (nSPS) is 19.2. The molecule has 1 aliphatic rings. The van der Waals surface area contributed by atoms with Crippen LogP contribution < -0.4 is 0 Å². The highest BCUT2D eigenvalue weighted by Gasteiger charge is 2.36. The average Bonchev–Trinajstić information content (AvgIpc) is 3.09. The van der Waals surface area contributed by atoms with Gasteiger partial charge in [0.1, 0.15) is 0 Å². The van der Waals surface area contributed by atoms with Crippen molar-refractivity contribution in [3.63, 3.8) is 0 Å². The molecule has 1 aromatic carbocycles. The van der Waals surface area contributed by atoms with Gasteiger partial charge in [-0.2, -0.15) is 5.10 Å². The molecule has 0 radical (unpaired) electrons. The van der Waals surface area contributed by atoms with Crippen LogP contribution in [-0.2, 0) is 10.2 Å². The Labute approximate surface area is 131 Å². The molecule has 2 heterocycles. The predicted molar refractivity (Wildman–Crippen MR) is 86.6 cm³/mol. The largest absolute Gasteiger partial charge is 0.341 e. The molecular formula is C18H23N3O. The average molecular weight is 297 g/mol. The van der Waals surface area contributed by atoms with E-state index in [1.807, 2.05) is 55.1 Å². The molecule has 0 spiro atoms. The fraction of sp³-hybridized carbons (Fsp3) is 0.444. The Balaban J connectivity index is 1.77. The zero-order valence-corrected chi connectivity index (χ0v) is 13.2. The van der Waals surface area contributed by atoms with Gasteiger partial charge >= 0.3 is 0 Å². The number of rotatable bonds is 3. The molecular weight excluding hydrogens is 274 g/mol. The van der Waals surface area contributed by atoms with Crippen molar-refractivity contribution in [2.45, 2.75) is 38.0 Å². The van der Waals surface area contributed by atoms with Gasteiger partial charge in [0, 0.05) is 30.9 Å². The van der Waals surface area contributed by atoms with Crippen molar-refractivity contribution in [3.8, 4) is 0 Å². The zero-order chi connectivity index (χ0) is 15.6. The molecule has 0 unspecified atom stereocenters. The molecule has 22 heavy (non-hydrogen) atoms. The maximum absolute atomic E-state index is 13.0. The monoisotopic (exact) mass is 297 g/mol. The summed E-state index contributed by atoms with van der Waals surface area (Å²) in [5, 5.41) is 7.08. The Hall–Kier alpha value is -2.10. The van der Waals surface area contributed by atoms with Crippen LogP contribution in [0.25, 0.3) is 0 Å². The second-order valence-electron chi connectivity index (χ2n) is 6.59. The Bertz CT molecular complexity index is 619. The minimum absolute atomic E-state index is 0.211. The number of H-pyrrole nitrogens is 1. The summed E-state index contributed by atoms with van der Waals surface area (Å²) in [5.41, 5.74) is 1.72. The quantitative estimate of drug-likeness (QED) is 0.946. The van der Waals surface area contributed by atoms with Crippen LogP contribution in [0.1, 0.15) is 43.9 Å². The van der Waals surface area contributed by atoms with E-state index < -0.39 is 5.41 Å². The number of hydrogen-bond acceptors (Lipinski definition) is 2. The number of aromatic nitrogens is 2. The van der Waals surface area contributed by atoms with E-state index in [9.17, 15) is 4.79 Å². The van der Waals surface area contributed by atoms with Gasteiger partial charge in [-0.3, -0.25) is 9.89 Å². The third kappa shape index (κ3) is 2.78. The maximum atomic E-state index is 13.0. The standard InChI is InChI=1S/C18H23N3O/c1-18(2,15-8-4-3-5-9-15)17(22)21-12-6-7-14(13-21)16-10-11-19-20-16/h3-5,8-11,14H,6-7,12-13H2,1-2H3,(H,19,20)/t14-/m1/s1. The van der Waals surface area contributed by atoms with Crippen molar-refractivity contribution in [2.75, 3.05) is 13.1 Å². The van der Waals surface area contributed by atoms with Gasteiger partial charge in [0.2, 0.25) is 5.91 Å². The van der Waals surface area contributed by atoms with E-state index in [0.717, 1.165) is 37.2 Å². The van der Waals surface area contributed by atoms with Gasteiger partial charge in [0.05, 0.1) is 5.41 Å². The number of nitrogens with one attached hydrogen (secondary N) is 1. The van der Waals surface area contributed by atoms with Crippen LogP contribution in [0.5, 0.6) is 0 Å². The van der Waals surface area contributed by atoms with Gasteiger partial charge in [0.15, 0.2) is 0 Å². The fourth-order valence-corrected chi connectivity index (χ4v) is 3.28. The molecule has 116 valence electrons. The molecule has 1 aromatic heterocycles. The summed E-state index contributed by atoms with van der Waals surface area (Å²) in [7, 11) is 0. The predicted octanol–water partition coefficient (Wildman–Crippen LogP) is 3.09. The van der Waals surface area contributed by atoms with Gasteiger partial charge in [-0.1, -0.05) is 30.3 Å². The van der Waals surface area contributed by atoms with Gasteiger partial charge < -0.3 is 4.90 Å². The lowest BCUT2D eigenvalue weighted by Crippen LogP contribution is -2.47. The van der Waals surface area contributed by atoms with Gasteiger partial charge in [-0.05, 0) is 38.3 Å². The highest BCUT2D eigenvalue weighted by atomic mass is 16.2. The Morgan fingerprint density at radius 2 is 2.05 bits per heavy atom. The molecule has 2 aromatic rings. The Morgan fingerprint density at radius 1 is 1.27 bits per heavy atom. The summed E-state index contributed by atoms with van der Waals surface area (Å²) in [5.74, 6) is 0.578. The molecule has 1 N–H and O–H groups in total. The van der Waals surface area contributed by atoms with E-state index in [1.165, 1.54) is 0 Å². The summed E-state index contributed by atoms with van der Waals surface area (Å²) in [6.07, 6.45) is 3.93. The first-order valence-corrected chi connectivity index (χ1v) is 7.93. The van der Waals surface area contributed by atoms with Gasteiger partial charge in [0.25, 0.3) is 0 Å². The van der Waals surface area contributed by atoms with Crippen molar-refractivity contribution >= 4 is 5.91 Å². The number of hydrogen-bond donors (Lipinski definition) is 1. The Kier molecular flexibility index (Phi) is 4.01. The van der Waals surface area contributed by atoms with E-state index in [-0.39, 0.29) is 5.91 Å². The highest BCUT2D eigenvalue weighted by Crippen LogP contribution is 2.30. The molecule has 1 aliphatic heterocycles. The highest BCUT2D eigenvalue weighted by molar-refractivity contribution is 5.87. The van der Waals surface area contributed by atoms with Crippen molar-refractivity contribution in [1.29, 1.82) is 0 Å². The van der Waals surface area contributed by atoms with Crippen molar-refractivity contribution < 1.29 is 4.79 Å². The molecule has 1 atom stereocenters. The number of carbonyl (C=O) groups is 1. The summed E-state index contributed by atoms with van der Waals surface area (Å²) in [6, 6.07) is 12.1. The third-order valence-corrected chi connectivity index (χ3v) is 4.70. The van der Waals surface area contributed by atoms with Crippen molar-refractivity contribution in [2.24, 2.45) is 0 Å². The first-order chi connectivity index (χ1) is 10.6. The smallest absolute Gasteiger partial charge is 0.232 e. The summed E-state index contributed by atoms with van der Waals surface area (Å²) < 4.78 is 0. The molecule has 1 fully saturated rings. The van der Waals surface area contributed by atoms with Crippen LogP contribution in [0, 0.1) is 0 Å². The molecule has 0 aliphatic carbocycles. The summed E-state index contributed by atoms with van der Waals surface area (Å²) in [4.78, 5) is 15.1. The van der Waals surface area contributed by atoms with Crippen LogP contribution in [0.2, 0.25) is 0 Å². The minimum atomic E-state index is -0.489. The van der Waals surface area contributed by atoms with Crippen LogP contribution in [0.15, 0.2) is 42.6 Å². The van der Waals surface area contributed by atoms with E-state index in [0.29, 0.717) is 5.92 Å². The van der Waals surface area contributed by atoms with Crippen LogP contribution in [0.3, 0.4) is 0 Å².